The van der Waals surface area contributed by atoms with E-state index in [1.54, 1.807) is 12.3 Å². The van der Waals surface area contributed by atoms with E-state index in [1.807, 2.05) is 18.2 Å². The Morgan fingerprint density at radius 2 is 1.79 bits per heavy atom. The number of carbonyl (C=O) groups is 1. The van der Waals surface area contributed by atoms with Crippen molar-refractivity contribution in [1.29, 1.82) is 0 Å². The number of allylic oxidation sites excluding steroid dienone is 2. The molecule has 2 aromatic rings. The lowest BCUT2D eigenvalue weighted by atomic mass is 10.0. The predicted octanol–water partition coefficient (Wildman–Crippen LogP) is 5.71. The van der Waals surface area contributed by atoms with E-state index in [2.05, 4.69) is 29.9 Å². The van der Waals surface area contributed by atoms with Crippen LogP contribution < -0.4 is 4.74 Å². The molecule has 0 bridgehead atoms. The van der Waals surface area contributed by atoms with Gasteiger partial charge in [0.2, 0.25) is 5.88 Å². The molecule has 0 aromatic carbocycles. The number of hydrogen-bond donors (Lipinski definition) is 0. The highest BCUT2D eigenvalue weighted by molar-refractivity contribution is 5.94. The first-order valence-electron chi connectivity index (χ1n) is 10.7. The molecule has 0 atom stereocenters. The summed E-state index contributed by atoms with van der Waals surface area (Å²) in [4.78, 5) is 21.4. The van der Waals surface area contributed by atoms with Crippen LogP contribution in [0, 0.1) is 0 Å². The molecule has 0 aliphatic heterocycles. The lowest BCUT2D eigenvalue weighted by Crippen LogP contribution is -2.09. The molecule has 0 fully saturated rings. The molecule has 1 aliphatic carbocycles. The molecule has 0 N–H and O–H groups in total. The maximum absolute atomic E-state index is 12.3. The normalized spacial score (nSPS) is 13.6. The highest BCUT2D eigenvalue weighted by Gasteiger charge is 2.22. The summed E-state index contributed by atoms with van der Waals surface area (Å²) < 4.78 is 11.3. The molecule has 29 heavy (non-hydrogen) atoms. The van der Waals surface area contributed by atoms with Gasteiger partial charge in [-0.15, -0.1) is 0 Å². The van der Waals surface area contributed by atoms with Crippen LogP contribution in [0.1, 0.15) is 80.5 Å². The van der Waals surface area contributed by atoms with Gasteiger partial charge in [-0.3, -0.25) is 0 Å². The van der Waals surface area contributed by atoms with Crippen LogP contribution in [0.15, 0.2) is 36.5 Å². The Labute approximate surface area is 173 Å². The molecule has 5 heteroatoms. The zero-order valence-corrected chi connectivity index (χ0v) is 17.4. The van der Waals surface area contributed by atoms with Crippen LogP contribution in [0.4, 0.5) is 0 Å². The Balaban J connectivity index is 1.88. The fourth-order valence-corrected chi connectivity index (χ4v) is 3.47. The Bertz CT molecular complexity index is 861. The third-order valence-corrected chi connectivity index (χ3v) is 5.05. The number of ether oxygens (including phenoxy) is 2. The smallest absolute Gasteiger partial charge is 0.356 e. The molecule has 0 radical (unpaired) electrons. The van der Waals surface area contributed by atoms with Crippen molar-refractivity contribution in [1.82, 2.24) is 9.97 Å². The molecule has 0 saturated heterocycles. The Hall–Kier alpha value is -2.69. The van der Waals surface area contributed by atoms with E-state index in [1.165, 1.54) is 11.1 Å². The van der Waals surface area contributed by atoms with E-state index in [0.717, 1.165) is 56.2 Å². The number of hydrogen-bond acceptors (Lipinski definition) is 5. The molecule has 5 nitrogen and oxygen atoms in total. The van der Waals surface area contributed by atoms with Crippen molar-refractivity contribution in [3.05, 3.63) is 53.5 Å². The predicted molar refractivity (Wildman–Crippen MR) is 115 cm³/mol. The van der Waals surface area contributed by atoms with Crippen LogP contribution in [0.25, 0.3) is 11.1 Å². The van der Waals surface area contributed by atoms with Gasteiger partial charge >= 0.3 is 5.97 Å². The second kappa shape index (κ2) is 10.7. The molecule has 0 saturated carbocycles. The SMILES string of the molecule is CCCCOC(=O)c1cccc(C2=C(c3cccnc3OCCCC)CCC2)n1. The summed E-state index contributed by atoms with van der Waals surface area (Å²) in [5.74, 6) is 0.330. The minimum Gasteiger partial charge on any atom is -0.477 e. The van der Waals surface area contributed by atoms with Crippen molar-refractivity contribution in [3.63, 3.8) is 0 Å². The summed E-state index contributed by atoms with van der Waals surface area (Å²) in [6.07, 6.45) is 8.66. The summed E-state index contributed by atoms with van der Waals surface area (Å²) >= 11 is 0. The Morgan fingerprint density at radius 1 is 1.00 bits per heavy atom. The summed E-state index contributed by atoms with van der Waals surface area (Å²) in [7, 11) is 0. The van der Waals surface area contributed by atoms with Gasteiger partial charge in [-0.1, -0.05) is 32.8 Å². The third-order valence-electron chi connectivity index (χ3n) is 5.05. The number of nitrogens with zero attached hydrogens (tertiary/aromatic N) is 2. The van der Waals surface area contributed by atoms with Crippen molar-refractivity contribution in [2.24, 2.45) is 0 Å². The monoisotopic (exact) mass is 394 g/mol. The molecule has 1 aliphatic rings. The largest absolute Gasteiger partial charge is 0.477 e. The van der Waals surface area contributed by atoms with Crippen molar-refractivity contribution < 1.29 is 14.3 Å². The van der Waals surface area contributed by atoms with Crippen molar-refractivity contribution in [3.8, 4) is 5.88 Å². The summed E-state index contributed by atoms with van der Waals surface area (Å²) in [6.45, 7) is 5.31. The van der Waals surface area contributed by atoms with Crippen LogP contribution in [-0.4, -0.2) is 29.2 Å². The van der Waals surface area contributed by atoms with E-state index in [-0.39, 0.29) is 5.97 Å². The van der Waals surface area contributed by atoms with Crippen LogP contribution in [0.3, 0.4) is 0 Å². The van der Waals surface area contributed by atoms with Crippen LogP contribution >= 0.6 is 0 Å². The van der Waals surface area contributed by atoms with Gasteiger partial charge in [0.1, 0.15) is 5.69 Å². The summed E-state index contributed by atoms with van der Waals surface area (Å²) in [5, 5.41) is 0. The molecule has 0 spiro atoms. The zero-order chi connectivity index (χ0) is 20.5. The summed E-state index contributed by atoms with van der Waals surface area (Å²) in [6, 6.07) is 9.58. The Kier molecular flexibility index (Phi) is 7.79. The summed E-state index contributed by atoms with van der Waals surface area (Å²) in [5.41, 5.74) is 4.62. The number of aromatic nitrogens is 2. The van der Waals surface area contributed by atoms with Crippen molar-refractivity contribution in [2.45, 2.75) is 58.8 Å². The topological polar surface area (TPSA) is 61.3 Å². The molecule has 154 valence electrons. The standard InChI is InChI=1S/C24H30N2O3/c1-3-5-16-28-23-20(12-9-15-25-23)18-10-7-11-19(18)21-13-8-14-22(26-21)24(27)29-17-6-4-2/h8-9,12-15H,3-7,10-11,16-17H2,1-2H3. The van der Waals surface area contributed by atoms with E-state index >= 15 is 0 Å². The first-order valence-corrected chi connectivity index (χ1v) is 10.7. The van der Waals surface area contributed by atoms with Gasteiger partial charge in [0, 0.05) is 11.8 Å². The minimum atomic E-state index is -0.356. The van der Waals surface area contributed by atoms with Gasteiger partial charge < -0.3 is 9.47 Å². The average Bonchev–Trinajstić information content (AvgIpc) is 3.24. The molecule has 3 rings (SSSR count). The quantitative estimate of drug-likeness (QED) is 0.382. The lowest BCUT2D eigenvalue weighted by Gasteiger charge is -2.13. The van der Waals surface area contributed by atoms with Crippen molar-refractivity contribution >= 4 is 17.1 Å². The van der Waals surface area contributed by atoms with Crippen LogP contribution in [0.2, 0.25) is 0 Å². The van der Waals surface area contributed by atoms with Gasteiger partial charge in [0.05, 0.1) is 18.9 Å². The van der Waals surface area contributed by atoms with Crippen molar-refractivity contribution in [2.75, 3.05) is 13.2 Å². The minimum absolute atomic E-state index is 0.356. The number of rotatable bonds is 10. The zero-order valence-electron chi connectivity index (χ0n) is 17.4. The van der Waals surface area contributed by atoms with E-state index in [0.29, 0.717) is 24.8 Å². The Morgan fingerprint density at radius 3 is 2.62 bits per heavy atom. The van der Waals surface area contributed by atoms with Gasteiger partial charge in [-0.25, -0.2) is 14.8 Å². The fraction of sp³-hybridized carbons (Fsp3) is 0.458. The maximum atomic E-state index is 12.3. The number of carbonyl (C=O) groups excluding carboxylic acids is 1. The third kappa shape index (κ3) is 5.43. The van der Waals surface area contributed by atoms with Gasteiger partial charge in [0.25, 0.3) is 0 Å². The van der Waals surface area contributed by atoms with Crippen LogP contribution in [-0.2, 0) is 4.74 Å². The van der Waals surface area contributed by atoms with Gasteiger partial charge in [-0.05, 0) is 67.5 Å². The number of unbranched alkanes of at least 4 members (excludes halogenated alkanes) is 2. The first-order chi connectivity index (χ1) is 14.2. The number of pyridine rings is 2. The molecule has 0 amide bonds. The first kappa shape index (κ1) is 21.0. The van der Waals surface area contributed by atoms with E-state index in [9.17, 15) is 4.79 Å². The maximum Gasteiger partial charge on any atom is 0.356 e. The molecule has 2 heterocycles. The van der Waals surface area contributed by atoms with E-state index < -0.39 is 0 Å². The second-order valence-corrected chi connectivity index (χ2v) is 7.27. The second-order valence-electron chi connectivity index (χ2n) is 7.27. The van der Waals surface area contributed by atoms with Crippen LogP contribution in [0.5, 0.6) is 5.88 Å². The van der Waals surface area contributed by atoms with Gasteiger partial charge in [0.15, 0.2) is 0 Å². The van der Waals surface area contributed by atoms with E-state index in [4.69, 9.17) is 9.47 Å². The molecule has 0 unspecified atom stereocenters. The number of esters is 1. The van der Waals surface area contributed by atoms with Gasteiger partial charge in [-0.2, -0.15) is 0 Å². The highest BCUT2D eigenvalue weighted by atomic mass is 16.5. The molecular formula is C24H30N2O3. The molecular weight excluding hydrogens is 364 g/mol. The molecule has 2 aromatic heterocycles. The lowest BCUT2D eigenvalue weighted by molar-refractivity contribution is 0.0492. The average molecular weight is 395 g/mol. The highest BCUT2D eigenvalue weighted by Crippen LogP contribution is 2.41. The fourth-order valence-electron chi connectivity index (χ4n) is 3.47.